The summed E-state index contributed by atoms with van der Waals surface area (Å²) in [5.41, 5.74) is 0.588. The monoisotopic (exact) mass is 446 g/mol. The number of unbranched alkanes of at least 4 members (excludes halogenated alkanes) is 9. The quantitative estimate of drug-likeness (QED) is 0.169. The largest absolute Gasteiger partial charge is 0.462 e. The molecule has 0 heterocycles. The Balaban J connectivity index is 2.40. The Morgan fingerprint density at radius 1 is 0.750 bits per heavy atom. The van der Waals surface area contributed by atoms with Crippen LogP contribution in [0.15, 0.2) is 24.3 Å². The normalized spacial score (nSPS) is 12.9. The second-order valence-electron chi connectivity index (χ2n) is 8.98. The summed E-state index contributed by atoms with van der Waals surface area (Å²) < 4.78 is 11.2. The van der Waals surface area contributed by atoms with Gasteiger partial charge in [-0.15, -0.1) is 0 Å². The second-order valence-corrected chi connectivity index (χ2v) is 8.98. The Morgan fingerprint density at radius 3 is 1.81 bits per heavy atom. The zero-order chi connectivity index (χ0) is 23.6. The number of carbonyl (C=O) groups excluding carboxylic acids is 2. The average Bonchev–Trinajstić information content (AvgIpc) is 2.80. The van der Waals surface area contributed by atoms with Crippen molar-refractivity contribution in [2.45, 2.75) is 117 Å². The van der Waals surface area contributed by atoms with Crippen molar-refractivity contribution in [3.63, 3.8) is 0 Å². The predicted octanol–water partition coefficient (Wildman–Crippen LogP) is 8.14. The van der Waals surface area contributed by atoms with Crippen molar-refractivity contribution in [2.24, 2.45) is 5.92 Å². The number of carbonyl (C=O) groups is 2. The van der Waals surface area contributed by atoms with Crippen LogP contribution in [0, 0.1) is 5.92 Å². The number of hydrogen-bond donors (Lipinski definition) is 0. The first-order chi connectivity index (χ1) is 15.5. The van der Waals surface area contributed by atoms with Gasteiger partial charge in [0.05, 0.1) is 17.7 Å². The standard InChI is InChI=1S/C28H46O4/c1-5-8-9-10-11-12-13-14-15-18-22-31-27(29)24-20-16-17-21-25(24)28(30)32-26(7-3)23(4)19-6-2/h16-17,20-21,23,26H,5-15,18-19,22H2,1-4H3. The van der Waals surface area contributed by atoms with Crippen LogP contribution in [-0.4, -0.2) is 24.6 Å². The van der Waals surface area contributed by atoms with Gasteiger partial charge in [-0.25, -0.2) is 9.59 Å². The maximum absolute atomic E-state index is 12.8. The van der Waals surface area contributed by atoms with Crippen molar-refractivity contribution in [3.8, 4) is 0 Å². The van der Waals surface area contributed by atoms with E-state index in [1.807, 2.05) is 6.92 Å². The SMILES string of the molecule is CCCCCCCCCCCCOC(=O)c1ccccc1C(=O)OC(CC)C(C)CCC. The van der Waals surface area contributed by atoms with Crippen molar-refractivity contribution >= 4 is 11.9 Å². The number of benzene rings is 1. The van der Waals surface area contributed by atoms with Crippen LogP contribution < -0.4 is 0 Å². The van der Waals surface area contributed by atoms with Gasteiger partial charge in [-0.05, 0) is 37.3 Å². The highest BCUT2D eigenvalue weighted by Crippen LogP contribution is 2.20. The molecule has 2 atom stereocenters. The average molecular weight is 447 g/mol. The van der Waals surface area contributed by atoms with Crippen LogP contribution in [0.2, 0.25) is 0 Å². The molecule has 4 nitrogen and oxygen atoms in total. The van der Waals surface area contributed by atoms with Gasteiger partial charge in [-0.3, -0.25) is 0 Å². The van der Waals surface area contributed by atoms with E-state index in [4.69, 9.17) is 9.47 Å². The van der Waals surface area contributed by atoms with E-state index in [1.54, 1.807) is 24.3 Å². The molecule has 0 saturated carbocycles. The summed E-state index contributed by atoms with van der Waals surface area (Å²) in [6.45, 7) is 8.90. The smallest absolute Gasteiger partial charge is 0.339 e. The zero-order valence-corrected chi connectivity index (χ0v) is 21.0. The van der Waals surface area contributed by atoms with Gasteiger partial charge in [0.15, 0.2) is 0 Å². The summed E-state index contributed by atoms with van der Waals surface area (Å²) in [5, 5.41) is 0. The maximum atomic E-state index is 12.8. The molecule has 0 aliphatic heterocycles. The summed E-state index contributed by atoms with van der Waals surface area (Å²) in [5.74, 6) is -0.584. The number of esters is 2. The fourth-order valence-electron chi connectivity index (χ4n) is 4.12. The Kier molecular flexibility index (Phi) is 15.6. The van der Waals surface area contributed by atoms with Gasteiger partial charge in [0, 0.05) is 0 Å². The minimum absolute atomic E-state index is 0.141. The first-order valence-corrected chi connectivity index (χ1v) is 13.0. The van der Waals surface area contributed by atoms with Crippen LogP contribution in [0.1, 0.15) is 132 Å². The summed E-state index contributed by atoms with van der Waals surface area (Å²) in [4.78, 5) is 25.4. The molecule has 4 heteroatoms. The lowest BCUT2D eigenvalue weighted by molar-refractivity contribution is 0.0132. The van der Waals surface area contributed by atoms with Gasteiger partial charge >= 0.3 is 11.9 Å². The Morgan fingerprint density at radius 2 is 1.28 bits per heavy atom. The molecule has 0 amide bonds. The van der Waals surface area contributed by atoms with Crippen LogP contribution in [0.25, 0.3) is 0 Å². The highest BCUT2D eigenvalue weighted by atomic mass is 16.5. The second kappa shape index (κ2) is 17.7. The van der Waals surface area contributed by atoms with Crippen LogP contribution >= 0.6 is 0 Å². The minimum atomic E-state index is -0.442. The molecule has 182 valence electrons. The van der Waals surface area contributed by atoms with Crippen molar-refractivity contribution in [3.05, 3.63) is 35.4 Å². The Hall–Kier alpha value is -1.84. The molecule has 1 rings (SSSR count). The lowest BCUT2D eigenvalue weighted by Gasteiger charge is -2.23. The van der Waals surface area contributed by atoms with Crippen molar-refractivity contribution in [1.82, 2.24) is 0 Å². The molecule has 0 aromatic heterocycles. The van der Waals surface area contributed by atoms with E-state index in [0.29, 0.717) is 23.7 Å². The molecule has 1 aromatic rings. The third kappa shape index (κ3) is 11.2. The summed E-state index contributed by atoms with van der Waals surface area (Å²) >= 11 is 0. The van der Waals surface area contributed by atoms with E-state index >= 15 is 0 Å². The van der Waals surface area contributed by atoms with E-state index < -0.39 is 11.9 Å². The van der Waals surface area contributed by atoms with Gasteiger partial charge in [0.25, 0.3) is 0 Å². The van der Waals surface area contributed by atoms with E-state index in [9.17, 15) is 9.59 Å². The number of hydrogen-bond acceptors (Lipinski definition) is 4. The molecule has 0 aliphatic rings. The first-order valence-electron chi connectivity index (χ1n) is 13.0. The highest BCUT2D eigenvalue weighted by molar-refractivity contribution is 6.03. The molecule has 0 N–H and O–H groups in total. The lowest BCUT2D eigenvalue weighted by atomic mass is 9.97. The van der Waals surface area contributed by atoms with Crippen LogP contribution in [-0.2, 0) is 9.47 Å². The Bertz CT molecular complexity index is 640. The lowest BCUT2D eigenvalue weighted by Crippen LogP contribution is -2.26. The summed E-state index contributed by atoms with van der Waals surface area (Å²) in [6.07, 6.45) is 15.0. The summed E-state index contributed by atoms with van der Waals surface area (Å²) in [6, 6.07) is 6.81. The van der Waals surface area contributed by atoms with Crippen molar-refractivity contribution in [2.75, 3.05) is 6.61 Å². The fraction of sp³-hybridized carbons (Fsp3) is 0.714. The highest BCUT2D eigenvalue weighted by Gasteiger charge is 2.24. The molecule has 0 fully saturated rings. The van der Waals surface area contributed by atoms with Gasteiger partial charge in [0.1, 0.15) is 6.10 Å². The van der Waals surface area contributed by atoms with Gasteiger partial charge in [-0.2, -0.15) is 0 Å². The fourth-order valence-corrected chi connectivity index (χ4v) is 4.12. The van der Waals surface area contributed by atoms with E-state index in [0.717, 1.165) is 32.1 Å². The minimum Gasteiger partial charge on any atom is -0.462 e. The zero-order valence-electron chi connectivity index (χ0n) is 21.0. The van der Waals surface area contributed by atoms with Gasteiger partial charge in [-0.1, -0.05) is 104 Å². The van der Waals surface area contributed by atoms with Crippen molar-refractivity contribution < 1.29 is 19.1 Å². The van der Waals surface area contributed by atoms with Gasteiger partial charge < -0.3 is 9.47 Å². The van der Waals surface area contributed by atoms with Crippen LogP contribution in [0.3, 0.4) is 0 Å². The number of rotatable bonds is 18. The molecule has 0 bridgehead atoms. The topological polar surface area (TPSA) is 52.6 Å². The molecule has 2 unspecified atom stereocenters. The molecule has 0 aliphatic carbocycles. The molecule has 32 heavy (non-hydrogen) atoms. The van der Waals surface area contributed by atoms with E-state index in [1.165, 1.54) is 51.4 Å². The molecular weight excluding hydrogens is 400 g/mol. The third-order valence-corrected chi connectivity index (χ3v) is 6.14. The first kappa shape index (κ1) is 28.2. The van der Waals surface area contributed by atoms with E-state index in [2.05, 4.69) is 20.8 Å². The molecule has 1 aromatic carbocycles. The van der Waals surface area contributed by atoms with Crippen molar-refractivity contribution in [1.29, 1.82) is 0 Å². The van der Waals surface area contributed by atoms with E-state index in [-0.39, 0.29) is 6.10 Å². The molecule has 0 saturated heterocycles. The van der Waals surface area contributed by atoms with Crippen LogP contribution in [0.5, 0.6) is 0 Å². The molecule has 0 radical (unpaired) electrons. The number of ether oxygens (including phenoxy) is 2. The van der Waals surface area contributed by atoms with Crippen LogP contribution in [0.4, 0.5) is 0 Å². The molecular formula is C28H46O4. The maximum Gasteiger partial charge on any atom is 0.339 e. The summed E-state index contributed by atoms with van der Waals surface area (Å²) in [7, 11) is 0. The third-order valence-electron chi connectivity index (χ3n) is 6.14. The Labute approximate surface area is 196 Å². The van der Waals surface area contributed by atoms with Gasteiger partial charge in [0.2, 0.25) is 0 Å². The predicted molar refractivity (Wildman–Crippen MR) is 132 cm³/mol. The molecule has 0 spiro atoms.